The summed E-state index contributed by atoms with van der Waals surface area (Å²) in [7, 11) is 0. The van der Waals surface area contributed by atoms with Crippen LogP contribution in [0.25, 0.3) is 0 Å². The molecule has 3 N–H and O–H groups in total. The molecule has 0 aliphatic heterocycles. The fraction of sp³-hybridized carbons (Fsp3) is 0.143. The molecule has 1 amide bonds. The highest BCUT2D eigenvalue weighted by Crippen LogP contribution is 2.32. The number of alkyl halides is 3. The Morgan fingerprint density at radius 3 is 2.70 bits per heavy atom. The van der Waals surface area contributed by atoms with Crippen LogP contribution >= 0.6 is 27.7 Å². The van der Waals surface area contributed by atoms with E-state index in [2.05, 4.69) is 26.2 Å². The van der Waals surface area contributed by atoms with Crippen molar-refractivity contribution in [3.05, 3.63) is 52.3 Å². The molecule has 0 spiro atoms. The number of carbonyl (C=O) groups is 1. The number of amides is 1. The lowest BCUT2D eigenvalue weighted by Crippen LogP contribution is -2.12. The number of carbonyl (C=O) groups excluding carboxylic acids is 1. The summed E-state index contributed by atoms with van der Waals surface area (Å²) in [5, 5.41) is 2.86. The van der Waals surface area contributed by atoms with Gasteiger partial charge in [0.1, 0.15) is 5.69 Å². The smallest absolute Gasteiger partial charge is 0.375 e. The largest absolute Gasteiger partial charge is 0.433 e. The van der Waals surface area contributed by atoms with Gasteiger partial charge in [-0.05, 0) is 34.1 Å². The first-order chi connectivity index (χ1) is 10.8. The number of benzene rings is 1. The minimum absolute atomic E-state index is 0.254. The first-order valence-corrected chi connectivity index (χ1v) is 8.05. The van der Waals surface area contributed by atoms with E-state index in [-0.39, 0.29) is 11.6 Å². The van der Waals surface area contributed by atoms with Crippen LogP contribution in [0.4, 0.5) is 18.9 Å². The summed E-state index contributed by atoms with van der Waals surface area (Å²) in [4.78, 5) is 15.3. The second-order valence-corrected chi connectivity index (χ2v) is 6.24. The summed E-state index contributed by atoms with van der Waals surface area (Å²) in [5.41, 5.74) is 4.92. The molecule has 23 heavy (non-hydrogen) atoms. The Bertz CT molecular complexity index is 725. The number of pyridine rings is 1. The van der Waals surface area contributed by atoms with Crippen LogP contribution in [-0.2, 0) is 6.18 Å². The molecular weight excluding hydrogens is 395 g/mol. The van der Waals surface area contributed by atoms with Gasteiger partial charge in [-0.25, -0.2) is 0 Å². The molecule has 0 saturated carbocycles. The van der Waals surface area contributed by atoms with E-state index in [0.717, 1.165) is 12.3 Å². The molecule has 4 nitrogen and oxygen atoms in total. The SMILES string of the molecule is NC(=O)c1ccccc1SCNc1cc(C(F)(F)F)ncc1Br. The fourth-order valence-electron chi connectivity index (χ4n) is 1.72. The number of rotatable bonds is 5. The molecule has 0 aliphatic carbocycles. The second-order valence-electron chi connectivity index (χ2n) is 4.37. The van der Waals surface area contributed by atoms with Gasteiger partial charge in [-0.1, -0.05) is 12.1 Å². The Kier molecular flexibility index (Phi) is 5.53. The maximum Gasteiger partial charge on any atom is 0.433 e. The number of aromatic nitrogens is 1. The number of primary amides is 1. The van der Waals surface area contributed by atoms with Gasteiger partial charge in [0.2, 0.25) is 5.91 Å². The van der Waals surface area contributed by atoms with Crippen molar-refractivity contribution in [2.24, 2.45) is 5.73 Å². The Labute approximate surface area is 142 Å². The van der Waals surface area contributed by atoms with Gasteiger partial charge in [-0.15, -0.1) is 11.8 Å². The van der Waals surface area contributed by atoms with Crippen LogP contribution in [0.1, 0.15) is 16.1 Å². The van der Waals surface area contributed by atoms with Gasteiger partial charge >= 0.3 is 6.18 Å². The molecule has 0 saturated heterocycles. The average molecular weight is 406 g/mol. The Morgan fingerprint density at radius 1 is 1.35 bits per heavy atom. The van der Waals surface area contributed by atoms with E-state index < -0.39 is 17.8 Å². The van der Waals surface area contributed by atoms with E-state index in [1.165, 1.54) is 11.8 Å². The van der Waals surface area contributed by atoms with Gasteiger partial charge in [0, 0.05) is 11.1 Å². The molecule has 9 heteroatoms. The number of hydrogen-bond donors (Lipinski definition) is 2. The topological polar surface area (TPSA) is 68.0 Å². The van der Waals surface area contributed by atoms with Crippen molar-refractivity contribution in [3.8, 4) is 0 Å². The van der Waals surface area contributed by atoms with E-state index in [1.54, 1.807) is 24.3 Å². The first kappa shape index (κ1) is 17.6. The third kappa shape index (κ3) is 4.61. The van der Waals surface area contributed by atoms with Crippen molar-refractivity contribution in [2.75, 3.05) is 11.2 Å². The number of halogens is 4. The van der Waals surface area contributed by atoms with Crippen molar-refractivity contribution >= 4 is 39.3 Å². The Hall–Kier alpha value is -1.74. The predicted octanol–water partition coefficient (Wildman–Crippen LogP) is 4.12. The van der Waals surface area contributed by atoms with Gasteiger partial charge in [0.05, 0.1) is 21.6 Å². The molecule has 122 valence electrons. The molecule has 1 aromatic heterocycles. The molecule has 0 fully saturated rings. The Morgan fingerprint density at radius 2 is 2.04 bits per heavy atom. The van der Waals surface area contributed by atoms with Crippen molar-refractivity contribution in [1.29, 1.82) is 0 Å². The van der Waals surface area contributed by atoms with E-state index >= 15 is 0 Å². The maximum absolute atomic E-state index is 12.7. The third-order valence-corrected chi connectivity index (χ3v) is 4.38. The minimum atomic E-state index is -4.51. The minimum Gasteiger partial charge on any atom is -0.375 e. The molecule has 0 atom stereocenters. The summed E-state index contributed by atoms with van der Waals surface area (Å²) in [6, 6.07) is 7.67. The molecular formula is C14H11BrF3N3OS. The normalized spacial score (nSPS) is 11.3. The van der Waals surface area contributed by atoms with Gasteiger partial charge in [-0.3, -0.25) is 9.78 Å². The molecule has 2 aromatic rings. The van der Waals surface area contributed by atoms with E-state index in [9.17, 15) is 18.0 Å². The number of anilines is 1. The monoisotopic (exact) mass is 405 g/mol. The lowest BCUT2D eigenvalue weighted by atomic mass is 10.2. The molecule has 0 radical (unpaired) electrons. The number of thioether (sulfide) groups is 1. The number of nitrogens with two attached hydrogens (primary N) is 1. The summed E-state index contributed by atoms with van der Waals surface area (Å²) in [5.74, 6) is -0.304. The summed E-state index contributed by atoms with van der Waals surface area (Å²) < 4.78 is 38.4. The molecule has 0 aliphatic rings. The Balaban J connectivity index is 2.09. The number of nitrogens with one attached hydrogen (secondary N) is 1. The first-order valence-electron chi connectivity index (χ1n) is 6.27. The zero-order valence-corrected chi connectivity index (χ0v) is 13.9. The van der Waals surface area contributed by atoms with Gasteiger partial charge < -0.3 is 11.1 Å². The van der Waals surface area contributed by atoms with E-state index in [1.807, 2.05) is 0 Å². The van der Waals surface area contributed by atoms with Crippen LogP contribution in [0.3, 0.4) is 0 Å². The van der Waals surface area contributed by atoms with Gasteiger partial charge in [0.25, 0.3) is 0 Å². The van der Waals surface area contributed by atoms with Gasteiger partial charge in [-0.2, -0.15) is 13.2 Å². The number of hydrogen-bond acceptors (Lipinski definition) is 4. The highest BCUT2D eigenvalue weighted by molar-refractivity contribution is 9.10. The van der Waals surface area contributed by atoms with Crippen LogP contribution in [0.5, 0.6) is 0 Å². The maximum atomic E-state index is 12.7. The van der Waals surface area contributed by atoms with E-state index in [4.69, 9.17) is 5.73 Å². The average Bonchev–Trinajstić information content (AvgIpc) is 2.48. The quantitative estimate of drug-likeness (QED) is 0.579. The molecule has 1 aromatic carbocycles. The molecule has 2 rings (SSSR count). The standard InChI is InChI=1S/C14H11BrF3N3OS/c15-9-6-20-12(14(16,17)18)5-10(9)21-7-23-11-4-2-1-3-8(11)13(19)22/h1-6H,7H2,(H2,19,22)(H,20,21). The fourth-order valence-corrected chi connectivity index (χ4v) is 2.96. The van der Waals surface area contributed by atoms with Crippen LogP contribution in [0.15, 0.2) is 45.9 Å². The van der Waals surface area contributed by atoms with Crippen LogP contribution < -0.4 is 11.1 Å². The van der Waals surface area contributed by atoms with Crippen LogP contribution in [-0.4, -0.2) is 16.8 Å². The summed E-state index contributed by atoms with van der Waals surface area (Å²) in [6.07, 6.45) is -3.42. The highest BCUT2D eigenvalue weighted by atomic mass is 79.9. The third-order valence-electron chi connectivity index (χ3n) is 2.79. The lowest BCUT2D eigenvalue weighted by Gasteiger charge is -2.12. The molecule has 0 bridgehead atoms. The van der Waals surface area contributed by atoms with Crippen LogP contribution in [0.2, 0.25) is 0 Å². The molecule has 1 heterocycles. The highest BCUT2D eigenvalue weighted by Gasteiger charge is 2.32. The van der Waals surface area contributed by atoms with Crippen molar-refractivity contribution in [3.63, 3.8) is 0 Å². The summed E-state index contributed by atoms with van der Waals surface area (Å²) in [6.45, 7) is 0. The van der Waals surface area contributed by atoms with Gasteiger partial charge in [0.15, 0.2) is 0 Å². The summed E-state index contributed by atoms with van der Waals surface area (Å²) >= 11 is 4.40. The van der Waals surface area contributed by atoms with E-state index in [0.29, 0.717) is 14.9 Å². The molecule has 0 unspecified atom stereocenters. The number of nitrogens with zero attached hydrogens (tertiary/aromatic N) is 1. The zero-order chi connectivity index (χ0) is 17.0. The van der Waals surface area contributed by atoms with Crippen LogP contribution in [0, 0.1) is 0 Å². The second kappa shape index (κ2) is 7.22. The van der Waals surface area contributed by atoms with Crippen molar-refractivity contribution < 1.29 is 18.0 Å². The predicted molar refractivity (Wildman–Crippen MR) is 86.2 cm³/mol. The van der Waals surface area contributed by atoms with Crippen molar-refractivity contribution in [2.45, 2.75) is 11.1 Å². The lowest BCUT2D eigenvalue weighted by molar-refractivity contribution is -0.141. The zero-order valence-electron chi connectivity index (χ0n) is 11.5. The van der Waals surface area contributed by atoms with Crippen molar-refractivity contribution in [1.82, 2.24) is 4.98 Å².